The second-order valence-electron chi connectivity index (χ2n) is 5.84. The van der Waals surface area contributed by atoms with E-state index < -0.39 is 18.8 Å². The van der Waals surface area contributed by atoms with Crippen molar-refractivity contribution >= 4 is 5.91 Å². The molecule has 0 fully saturated rings. The number of alkyl halides is 3. The normalized spacial score (nSPS) is 12.8. The lowest BCUT2D eigenvalue weighted by atomic mass is 10.0. The van der Waals surface area contributed by atoms with Crippen LogP contribution in [0, 0.1) is 5.92 Å². The van der Waals surface area contributed by atoms with Crippen LogP contribution in [0.4, 0.5) is 13.2 Å². The molecule has 0 aliphatic heterocycles. The molecule has 1 amide bonds. The Balaban J connectivity index is 2.65. The van der Waals surface area contributed by atoms with Crippen molar-refractivity contribution in [3.05, 3.63) is 23.8 Å². The number of amides is 1. The molecule has 1 aromatic rings. The maximum absolute atomic E-state index is 12.2. The number of rotatable bonds is 8. The van der Waals surface area contributed by atoms with Crippen LogP contribution < -0.4 is 20.5 Å². The Morgan fingerprint density at radius 3 is 2.50 bits per heavy atom. The van der Waals surface area contributed by atoms with Gasteiger partial charge < -0.3 is 20.5 Å². The lowest BCUT2D eigenvalue weighted by molar-refractivity contribution is -0.153. The molecule has 0 saturated heterocycles. The summed E-state index contributed by atoms with van der Waals surface area (Å²) >= 11 is 0. The number of ether oxygens (including phenoxy) is 2. The largest absolute Gasteiger partial charge is 0.493 e. The van der Waals surface area contributed by atoms with E-state index in [0.29, 0.717) is 17.9 Å². The van der Waals surface area contributed by atoms with Gasteiger partial charge in [0.1, 0.15) is 0 Å². The fraction of sp³-hybridized carbons (Fsp3) is 0.562. The van der Waals surface area contributed by atoms with Crippen LogP contribution in [0.5, 0.6) is 11.5 Å². The summed E-state index contributed by atoms with van der Waals surface area (Å²) in [5.41, 5.74) is 6.44. The highest BCUT2D eigenvalue weighted by atomic mass is 19.4. The molecule has 0 aliphatic rings. The second kappa shape index (κ2) is 8.77. The van der Waals surface area contributed by atoms with Gasteiger partial charge in [-0.05, 0) is 30.0 Å². The molecule has 0 aliphatic carbocycles. The quantitative estimate of drug-likeness (QED) is 0.757. The molecule has 3 N–H and O–H groups in total. The third-order valence-electron chi connectivity index (χ3n) is 3.15. The number of benzene rings is 1. The SMILES string of the molecule is COc1cc(CNC(=O)[C@@H](N)CC(C)C)ccc1OCC(F)(F)F. The zero-order valence-corrected chi connectivity index (χ0v) is 13.9. The highest BCUT2D eigenvalue weighted by Gasteiger charge is 2.29. The Kier molecular flexibility index (Phi) is 7.34. The summed E-state index contributed by atoms with van der Waals surface area (Å²) in [6, 6.07) is 3.85. The first-order valence-corrected chi connectivity index (χ1v) is 7.52. The fourth-order valence-corrected chi connectivity index (χ4v) is 2.04. The van der Waals surface area contributed by atoms with E-state index in [4.69, 9.17) is 15.2 Å². The van der Waals surface area contributed by atoms with Crippen molar-refractivity contribution in [3.8, 4) is 11.5 Å². The molecule has 1 aromatic carbocycles. The summed E-state index contributed by atoms with van der Waals surface area (Å²) in [4.78, 5) is 11.9. The van der Waals surface area contributed by atoms with Gasteiger partial charge in [-0.25, -0.2) is 0 Å². The van der Waals surface area contributed by atoms with Gasteiger partial charge in [0.05, 0.1) is 13.2 Å². The lowest BCUT2D eigenvalue weighted by Gasteiger charge is -2.16. The zero-order chi connectivity index (χ0) is 18.3. The summed E-state index contributed by atoms with van der Waals surface area (Å²) in [7, 11) is 1.33. The number of hydrogen-bond acceptors (Lipinski definition) is 4. The van der Waals surface area contributed by atoms with Crippen molar-refractivity contribution in [2.45, 2.75) is 39.0 Å². The van der Waals surface area contributed by atoms with Crippen LogP contribution in [0.3, 0.4) is 0 Å². The maximum Gasteiger partial charge on any atom is 0.422 e. The number of carbonyl (C=O) groups is 1. The van der Waals surface area contributed by atoms with Crippen LogP contribution >= 0.6 is 0 Å². The highest BCUT2D eigenvalue weighted by molar-refractivity contribution is 5.81. The predicted octanol–water partition coefficient (Wildman–Crippen LogP) is 2.63. The number of hydrogen-bond donors (Lipinski definition) is 2. The molecule has 0 aromatic heterocycles. The van der Waals surface area contributed by atoms with Crippen molar-refractivity contribution in [1.29, 1.82) is 0 Å². The van der Waals surface area contributed by atoms with Crippen molar-refractivity contribution < 1.29 is 27.4 Å². The average Bonchev–Trinajstić information content (AvgIpc) is 2.49. The number of halogens is 3. The van der Waals surface area contributed by atoms with E-state index in [1.807, 2.05) is 13.8 Å². The molecule has 1 atom stereocenters. The van der Waals surface area contributed by atoms with Crippen molar-refractivity contribution in [3.63, 3.8) is 0 Å². The van der Waals surface area contributed by atoms with Gasteiger partial charge in [-0.15, -0.1) is 0 Å². The predicted molar refractivity (Wildman–Crippen MR) is 83.8 cm³/mol. The third-order valence-corrected chi connectivity index (χ3v) is 3.15. The first-order valence-electron chi connectivity index (χ1n) is 7.52. The summed E-state index contributed by atoms with van der Waals surface area (Å²) in [5.74, 6) is 0.176. The first-order chi connectivity index (χ1) is 11.1. The topological polar surface area (TPSA) is 73.6 Å². The minimum atomic E-state index is -4.43. The van der Waals surface area contributed by atoms with E-state index >= 15 is 0 Å². The van der Waals surface area contributed by atoms with Gasteiger partial charge in [-0.1, -0.05) is 19.9 Å². The summed E-state index contributed by atoms with van der Waals surface area (Å²) in [6.45, 7) is 2.74. The molecule has 5 nitrogen and oxygen atoms in total. The molecular weight excluding hydrogens is 325 g/mol. The van der Waals surface area contributed by atoms with Crippen molar-refractivity contribution in [2.24, 2.45) is 11.7 Å². The molecule has 1 rings (SSSR count). The van der Waals surface area contributed by atoms with Crippen LogP contribution in [0.1, 0.15) is 25.8 Å². The van der Waals surface area contributed by atoms with Gasteiger partial charge in [0.2, 0.25) is 5.91 Å². The zero-order valence-electron chi connectivity index (χ0n) is 13.9. The Bertz CT molecular complexity index is 548. The van der Waals surface area contributed by atoms with Gasteiger partial charge in [-0.2, -0.15) is 13.2 Å². The standard InChI is InChI=1S/C16H23F3N2O3/c1-10(2)6-12(20)15(22)21-8-11-4-5-13(14(7-11)23-3)24-9-16(17,18)19/h4-5,7,10,12H,6,8-9,20H2,1-3H3,(H,21,22)/t12-/m0/s1. The number of methoxy groups -OCH3 is 1. The summed E-state index contributed by atoms with van der Waals surface area (Å²) in [5, 5.41) is 2.69. The Hall–Kier alpha value is -1.96. The van der Waals surface area contributed by atoms with Crippen LogP contribution in [0.2, 0.25) is 0 Å². The number of nitrogens with two attached hydrogens (primary N) is 1. The van der Waals surface area contributed by atoms with Crippen molar-refractivity contribution in [2.75, 3.05) is 13.7 Å². The van der Waals surface area contributed by atoms with E-state index in [1.165, 1.54) is 19.2 Å². The van der Waals surface area contributed by atoms with Gasteiger partial charge >= 0.3 is 6.18 Å². The molecule has 8 heteroatoms. The maximum atomic E-state index is 12.2. The van der Waals surface area contributed by atoms with Crippen LogP contribution in [-0.4, -0.2) is 31.8 Å². The molecular formula is C16H23F3N2O3. The smallest absolute Gasteiger partial charge is 0.422 e. The van der Waals surface area contributed by atoms with Gasteiger partial charge in [0.25, 0.3) is 0 Å². The Morgan fingerprint density at radius 1 is 1.29 bits per heavy atom. The van der Waals surface area contributed by atoms with E-state index in [9.17, 15) is 18.0 Å². The van der Waals surface area contributed by atoms with Gasteiger partial charge in [-0.3, -0.25) is 4.79 Å². The van der Waals surface area contributed by atoms with Crippen LogP contribution in [-0.2, 0) is 11.3 Å². The lowest BCUT2D eigenvalue weighted by Crippen LogP contribution is -2.41. The fourth-order valence-electron chi connectivity index (χ4n) is 2.04. The monoisotopic (exact) mass is 348 g/mol. The highest BCUT2D eigenvalue weighted by Crippen LogP contribution is 2.29. The molecule has 0 saturated carbocycles. The van der Waals surface area contributed by atoms with E-state index in [2.05, 4.69) is 5.32 Å². The third kappa shape index (κ3) is 7.08. The number of nitrogens with one attached hydrogen (secondary N) is 1. The van der Waals surface area contributed by atoms with Gasteiger partial charge in [0, 0.05) is 6.54 Å². The van der Waals surface area contributed by atoms with E-state index in [0.717, 1.165) is 0 Å². The van der Waals surface area contributed by atoms with Gasteiger partial charge in [0.15, 0.2) is 18.1 Å². The minimum Gasteiger partial charge on any atom is -0.493 e. The first kappa shape index (κ1) is 20.1. The summed E-state index contributed by atoms with van der Waals surface area (Å²) < 4.78 is 46.3. The summed E-state index contributed by atoms with van der Waals surface area (Å²) in [6.07, 6.45) is -3.86. The second-order valence-corrected chi connectivity index (χ2v) is 5.84. The molecule has 0 bridgehead atoms. The Labute approximate surface area is 139 Å². The van der Waals surface area contributed by atoms with E-state index in [1.54, 1.807) is 6.07 Å². The average molecular weight is 348 g/mol. The molecule has 24 heavy (non-hydrogen) atoms. The van der Waals surface area contributed by atoms with E-state index in [-0.39, 0.29) is 24.0 Å². The minimum absolute atomic E-state index is 0.0126. The molecule has 0 unspecified atom stereocenters. The number of carbonyl (C=O) groups excluding carboxylic acids is 1. The molecule has 136 valence electrons. The molecule has 0 radical (unpaired) electrons. The van der Waals surface area contributed by atoms with Crippen molar-refractivity contribution in [1.82, 2.24) is 5.32 Å². The Morgan fingerprint density at radius 2 is 1.96 bits per heavy atom. The molecule has 0 spiro atoms. The van der Waals surface area contributed by atoms with Crippen LogP contribution in [0.25, 0.3) is 0 Å². The molecule has 0 heterocycles. The van der Waals surface area contributed by atoms with Crippen LogP contribution in [0.15, 0.2) is 18.2 Å².